The standard InChI is InChI=1S/C15H21N3OS/c1-2-19-11-5-8-16-10-7-15-18-14(12-20-15)13-6-3-4-9-17-13/h3-4,6,9,12,16H,2,5,7-8,10-11H2,1H3. The largest absolute Gasteiger partial charge is 0.382 e. The Hall–Kier alpha value is -1.30. The summed E-state index contributed by atoms with van der Waals surface area (Å²) >= 11 is 1.70. The summed E-state index contributed by atoms with van der Waals surface area (Å²) in [6.07, 6.45) is 3.82. The van der Waals surface area contributed by atoms with E-state index >= 15 is 0 Å². The molecule has 0 bridgehead atoms. The third kappa shape index (κ3) is 5.00. The van der Waals surface area contributed by atoms with Crippen molar-refractivity contribution in [3.8, 4) is 11.4 Å². The molecule has 0 atom stereocenters. The smallest absolute Gasteiger partial charge is 0.0998 e. The van der Waals surface area contributed by atoms with Crippen LogP contribution in [0, 0.1) is 0 Å². The molecule has 2 aromatic heterocycles. The molecule has 0 unspecified atom stereocenters. The Morgan fingerprint density at radius 1 is 1.25 bits per heavy atom. The summed E-state index contributed by atoms with van der Waals surface area (Å²) in [6.45, 7) is 5.62. The number of nitrogens with one attached hydrogen (secondary N) is 1. The van der Waals surface area contributed by atoms with Crippen LogP contribution < -0.4 is 5.32 Å². The highest BCUT2D eigenvalue weighted by molar-refractivity contribution is 7.09. The maximum Gasteiger partial charge on any atom is 0.0998 e. The number of hydrogen-bond acceptors (Lipinski definition) is 5. The van der Waals surface area contributed by atoms with Crippen LogP contribution in [-0.2, 0) is 11.2 Å². The Kier molecular flexibility index (Phi) is 6.63. The molecule has 108 valence electrons. The second-order valence-electron chi connectivity index (χ2n) is 4.39. The number of nitrogens with zero attached hydrogens (tertiary/aromatic N) is 2. The fourth-order valence-electron chi connectivity index (χ4n) is 1.82. The molecule has 0 saturated heterocycles. The summed E-state index contributed by atoms with van der Waals surface area (Å²) < 4.78 is 5.29. The fraction of sp³-hybridized carbons (Fsp3) is 0.467. The lowest BCUT2D eigenvalue weighted by atomic mass is 10.3. The van der Waals surface area contributed by atoms with Gasteiger partial charge in [0.1, 0.15) is 0 Å². The molecule has 0 radical (unpaired) electrons. The predicted octanol–water partition coefficient (Wildman–Crippen LogP) is 2.76. The third-order valence-electron chi connectivity index (χ3n) is 2.84. The van der Waals surface area contributed by atoms with E-state index in [1.165, 1.54) is 0 Å². The third-order valence-corrected chi connectivity index (χ3v) is 3.75. The molecule has 0 spiro atoms. The Morgan fingerprint density at radius 2 is 2.20 bits per heavy atom. The number of thiazole rings is 1. The van der Waals surface area contributed by atoms with E-state index in [-0.39, 0.29) is 0 Å². The normalized spacial score (nSPS) is 10.8. The molecule has 0 fully saturated rings. The van der Waals surface area contributed by atoms with Gasteiger partial charge in [-0.2, -0.15) is 0 Å². The van der Waals surface area contributed by atoms with Crippen molar-refractivity contribution < 1.29 is 4.74 Å². The lowest BCUT2D eigenvalue weighted by Gasteiger charge is -2.03. The van der Waals surface area contributed by atoms with E-state index in [9.17, 15) is 0 Å². The molecule has 20 heavy (non-hydrogen) atoms. The monoisotopic (exact) mass is 291 g/mol. The molecular formula is C15H21N3OS. The van der Waals surface area contributed by atoms with Crippen molar-refractivity contribution in [3.63, 3.8) is 0 Å². The van der Waals surface area contributed by atoms with Crippen molar-refractivity contribution in [3.05, 3.63) is 34.8 Å². The first-order chi connectivity index (χ1) is 9.90. The average Bonchev–Trinajstić information content (AvgIpc) is 2.96. The first-order valence-corrected chi connectivity index (χ1v) is 7.92. The number of hydrogen-bond donors (Lipinski definition) is 1. The summed E-state index contributed by atoms with van der Waals surface area (Å²) in [7, 11) is 0. The average molecular weight is 291 g/mol. The van der Waals surface area contributed by atoms with E-state index in [1.54, 1.807) is 17.5 Å². The molecule has 5 heteroatoms. The Labute approximate surface area is 124 Å². The first kappa shape index (κ1) is 15.1. The topological polar surface area (TPSA) is 47.0 Å². The summed E-state index contributed by atoms with van der Waals surface area (Å²) in [5.74, 6) is 0. The van der Waals surface area contributed by atoms with Gasteiger partial charge in [-0.05, 0) is 32.0 Å². The lowest BCUT2D eigenvalue weighted by Crippen LogP contribution is -2.19. The lowest BCUT2D eigenvalue weighted by molar-refractivity contribution is 0.145. The minimum atomic E-state index is 0.801. The van der Waals surface area contributed by atoms with Crippen molar-refractivity contribution in [1.29, 1.82) is 0 Å². The molecular weight excluding hydrogens is 270 g/mol. The van der Waals surface area contributed by atoms with Gasteiger partial charge >= 0.3 is 0 Å². The van der Waals surface area contributed by atoms with Gasteiger partial charge in [0.15, 0.2) is 0 Å². The van der Waals surface area contributed by atoms with E-state index in [1.807, 2.05) is 25.1 Å². The van der Waals surface area contributed by atoms with Crippen LogP contribution in [0.2, 0.25) is 0 Å². The van der Waals surface area contributed by atoms with Gasteiger partial charge in [-0.25, -0.2) is 4.98 Å². The zero-order valence-electron chi connectivity index (χ0n) is 11.8. The van der Waals surface area contributed by atoms with Gasteiger partial charge in [-0.1, -0.05) is 6.07 Å². The second kappa shape index (κ2) is 8.79. The maximum absolute atomic E-state index is 5.29. The molecule has 2 aromatic rings. The minimum Gasteiger partial charge on any atom is -0.382 e. The van der Waals surface area contributed by atoms with Crippen LogP contribution in [0.15, 0.2) is 29.8 Å². The van der Waals surface area contributed by atoms with E-state index in [4.69, 9.17) is 4.74 Å². The highest BCUT2D eigenvalue weighted by atomic mass is 32.1. The summed E-state index contributed by atoms with van der Waals surface area (Å²) in [5, 5.41) is 6.64. The van der Waals surface area contributed by atoms with Crippen molar-refractivity contribution in [2.24, 2.45) is 0 Å². The molecule has 4 nitrogen and oxygen atoms in total. The fourth-order valence-corrected chi connectivity index (χ4v) is 2.61. The van der Waals surface area contributed by atoms with Crippen LogP contribution in [0.1, 0.15) is 18.4 Å². The molecule has 0 aliphatic carbocycles. The van der Waals surface area contributed by atoms with Crippen molar-refractivity contribution in [2.45, 2.75) is 19.8 Å². The van der Waals surface area contributed by atoms with Crippen LogP contribution in [-0.4, -0.2) is 36.3 Å². The SMILES string of the molecule is CCOCCCNCCc1nc(-c2ccccn2)cs1. The van der Waals surface area contributed by atoms with Crippen molar-refractivity contribution in [1.82, 2.24) is 15.3 Å². The molecule has 0 aliphatic heterocycles. The second-order valence-corrected chi connectivity index (χ2v) is 5.33. The number of aromatic nitrogens is 2. The van der Waals surface area contributed by atoms with Gasteiger partial charge in [0.2, 0.25) is 0 Å². The quantitative estimate of drug-likeness (QED) is 0.722. The van der Waals surface area contributed by atoms with Crippen LogP contribution in [0.3, 0.4) is 0 Å². The number of ether oxygens (including phenoxy) is 1. The van der Waals surface area contributed by atoms with E-state index in [0.29, 0.717) is 0 Å². The predicted molar refractivity (Wildman–Crippen MR) is 83.0 cm³/mol. The molecule has 0 amide bonds. The Morgan fingerprint density at radius 3 is 3.00 bits per heavy atom. The van der Waals surface area contributed by atoms with Crippen molar-refractivity contribution >= 4 is 11.3 Å². The molecule has 2 heterocycles. The van der Waals surface area contributed by atoms with E-state index < -0.39 is 0 Å². The van der Waals surface area contributed by atoms with Gasteiger partial charge in [0, 0.05) is 37.8 Å². The molecule has 2 rings (SSSR count). The van der Waals surface area contributed by atoms with E-state index in [2.05, 4.69) is 20.7 Å². The van der Waals surface area contributed by atoms with Crippen LogP contribution >= 0.6 is 11.3 Å². The minimum absolute atomic E-state index is 0.801. The molecule has 0 aromatic carbocycles. The maximum atomic E-state index is 5.29. The van der Waals surface area contributed by atoms with Crippen LogP contribution in [0.4, 0.5) is 0 Å². The highest BCUT2D eigenvalue weighted by Crippen LogP contribution is 2.19. The highest BCUT2D eigenvalue weighted by Gasteiger charge is 2.04. The van der Waals surface area contributed by atoms with Gasteiger partial charge < -0.3 is 10.1 Å². The first-order valence-electron chi connectivity index (χ1n) is 7.04. The molecule has 0 aliphatic rings. The zero-order valence-corrected chi connectivity index (χ0v) is 12.7. The van der Waals surface area contributed by atoms with Crippen LogP contribution in [0.5, 0.6) is 0 Å². The molecule has 0 saturated carbocycles. The molecule has 1 N–H and O–H groups in total. The van der Waals surface area contributed by atoms with E-state index in [0.717, 1.165) is 55.5 Å². The number of rotatable bonds is 9. The van der Waals surface area contributed by atoms with Gasteiger partial charge in [0.05, 0.1) is 16.4 Å². The van der Waals surface area contributed by atoms with Gasteiger partial charge in [-0.15, -0.1) is 11.3 Å². The van der Waals surface area contributed by atoms with Gasteiger partial charge in [0.25, 0.3) is 0 Å². The Bertz CT molecular complexity index is 487. The summed E-state index contributed by atoms with van der Waals surface area (Å²) in [4.78, 5) is 8.93. The van der Waals surface area contributed by atoms with Crippen LogP contribution in [0.25, 0.3) is 11.4 Å². The summed E-state index contributed by atoms with van der Waals surface area (Å²) in [6, 6.07) is 5.90. The van der Waals surface area contributed by atoms with Crippen molar-refractivity contribution in [2.75, 3.05) is 26.3 Å². The summed E-state index contributed by atoms with van der Waals surface area (Å²) in [5.41, 5.74) is 1.92. The Balaban J connectivity index is 1.69. The van der Waals surface area contributed by atoms with Gasteiger partial charge in [-0.3, -0.25) is 4.98 Å². The zero-order chi connectivity index (χ0) is 14.0. The number of pyridine rings is 1.